The Kier molecular flexibility index (Phi) is 4.91. The van der Waals surface area contributed by atoms with Crippen molar-refractivity contribution in [3.63, 3.8) is 0 Å². The highest BCUT2D eigenvalue weighted by Gasteiger charge is 2.19. The fourth-order valence-electron chi connectivity index (χ4n) is 2.55. The molecule has 24 heavy (non-hydrogen) atoms. The van der Waals surface area contributed by atoms with Gasteiger partial charge < -0.3 is 10.3 Å². The van der Waals surface area contributed by atoms with Crippen molar-refractivity contribution in [2.24, 2.45) is 0 Å². The van der Waals surface area contributed by atoms with Crippen molar-refractivity contribution in [1.29, 1.82) is 0 Å². The average molecular weight is 338 g/mol. The molecule has 2 aromatic heterocycles. The summed E-state index contributed by atoms with van der Waals surface area (Å²) < 4.78 is 0. The number of pyridine rings is 1. The normalized spacial score (nSPS) is 11.9. The van der Waals surface area contributed by atoms with Crippen LogP contribution in [0.4, 0.5) is 0 Å². The van der Waals surface area contributed by atoms with E-state index in [4.69, 9.17) is 0 Å². The zero-order chi connectivity index (χ0) is 16.9. The molecule has 2 N–H and O–H groups in total. The standard InChI is InChI=1S/C19H18N2O2S/c1-13-9-10-15(18(22)20-13)19(23)21-16(17-8-5-11-24-17)12-14-6-3-2-4-7-14/h2-11,16H,12H2,1H3,(H,20,22)(H,21,23)/t16-/m1/s1. The molecule has 4 nitrogen and oxygen atoms in total. The van der Waals surface area contributed by atoms with Crippen molar-refractivity contribution in [1.82, 2.24) is 10.3 Å². The molecule has 1 aromatic carbocycles. The van der Waals surface area contributed by atoms with Gasteiger partial charge >= 0.3 is 0 Å². The van der Waals surface area contributed by atoms with Gasteiger partial charge in [-0.2, -0.15) is 0 Å². The van der Waals surface area contributed by atoms with Gasteiger partial charge in [-0.25, -0.2) is 0 Å². The molecule has 0 radical (unpaired) electrons. The third-order valence-electron chi connectivity index (χ3n) is 3.77. The van der Waals surface area contributed by atoms with Crippen molar-refractivity contribution in [3.05, 3.63) is 92.0 Å². The molecule has 0 fully saturated rings. The van der Waals surface area contributed by atoms with E-state index in [2.05, 4.69) is 10.3 Å². The number of hydrogen-bond donors (Lipinski definition) is 2. The van der Waals surface area contributed by atoms with Gasteiger partial charge in [0.05, 0.1) is 6.04 Å². The van der Waals surface area contributed by atoms with E-state index in [0.717, 1.165) is 16.1 Å². The third-order valence-corrected chi connectivity index (χ3v) is 4.76. The lowest BCUT2D eigenvalue weighted by Gasteiger charge is -2.17. The maximum Gasteiger partial charge on any atom is 0.260 e. The molecule has 0 aliphatic carbocycles. The van der Waals surface area contributed by atoms with E-state index in [-0.39, 0.29) is 23.1 Å². The third kappa shape index (κ3) is 3.81. The Balaban J connectivity index is 1.84. The van der Waals surface area contributed by atoms with Crippen molar-refractivity contribution >= 4 is 17.2 Å². The summed E-state index contributed by atoms with van der Waals surface area (Å²) in [5, 5.41) is 4.98. The van der Waals surface area contributed by atoms with Gasteiger partial charge in [0.15, 0.2) is 0 Å². The highest BCUT2D eigenvalue weighted by Crippen LogP contribution is 2.23. The quantitative estimate of drug-likeness (QED) is 0.748. The van der Waals surface area contributed by atoms with Crippen LogP contribution in [0, 0.1) is 6.92 Å². The molecule has 1 amide bonds. The summed E-state index contributed by atoms with van der Waals surface area (Å²) in [6, 6.07) is 17.1. The van der Waals surface area contributed by atoms with Crippen LogP contribution in [0.15, 0.2) is 64.8 Å². The number of carbonyl (C=O) groups excluding carboxylic acids is 1. The van der Waals surface area contributed by atoms with Crippen molar-refractivity contribution in [3.8, 4) is 0 Å². The van der Waals surface area contributed by atoms with Crippen molar-refractivity contribution in [2.75, 3.05) is 0 Å². The van der Waals surface area contributed by atoms with Gasteiger partial charge in [-0.05, 0) is 42.5 Å². The van der Waals surface area contributed by atoms with Gasteiger partial charge in [-0.1, -0.05) is 36.4 Å². The molecule has 2 heterocycles. The lowest BCUT2D eigenvalue weighted by molar-refractivity contribution is 0.0935. The molecule has 5 heteroatoms. The molecule has 122 valence electrons. The number of aromatic amines is 1. The zero-order valence-electron chi connectivity index (χ0n) is 13.3. The molecule has 3 rings (SSSR count). The Hall–Kier alpha value is -2.66. The summed E-state index contributed by atoms with van der Waals surface area (Å²) >= 11 is 1.59. The number of thiophene rings is 1. The van der Waals surface area contributed by atoms with Crippen LogP contribution >= 0.6 is 11.3 Å². The summed E-state index contributed by atoms with van der Waals surface area (Å²) in [5.74, 6) is -0.356. The minimum Gasteiger partial charge on any atom is -0.344 e. The van der Waals surface area contributed by atoms with Crippen LogP contribution in [0.25, 0.3) is 0 Å². The highest BCUT2D eigenvalue weighted by atomic mass is 32.1. The maximum atomic E-state index is 12.5. The number of benzene rings is 1. The summed E-state index contributed by atoms with van der Waals surface area (Å²) in [6.45, 7) is 1.78. The minimum absolute atomic E-state index is 0.134. The highest BCUT2D eigenvalue weighted by molar-refractivity contribution is 7.10. The smallest absolute Gasteiger partial charge is 0.260 e. The number of aromatic nitrogens is 1. The molecule has 0 unspecified atom stereocenters. The first-order valence-corrected chi connectivity index (χ1v) is 8.59. The molecular weight excluding hydrogens is 320 g/mol. The Morgan fingerprint density at radius 2 is 1.92 bits per heavy atom. The number of H-pyrrole nitrogens is 1. The van der Waals surface area contributed by atoms with Crippen LogP contribution in [-0.2, 0) is 6.42 Å². The molecule has 0 saturated heterocycles. The fraction of sp³-hybridized carbons (Fsp3) is 0.158. The predicted molar refractivity (Wildman–Crippen MR) is 96.5 cm³/mol. The SMILES string of the molecule is Cc1ccc(C(=O)N[C@H](Cc2ccccc2)c2cccs2)c(=O)[nH]1. The molecule has 3 aromatic rings. The first-order valence-electron chi connectivity index (χ1n) is 7.71. The van der Waals surface area contributed by atoms with Crippen LogP contribution < -0.4 is 10.9 Å². The second kappa shape index (κ2) is 7.27. The van der Waals surface area contributed by atoms with Gasteiger partial charge in [0, 0.05) is 10.6 Å². The van der Waals surface area contributed by atoms with Gasteiger partial charge in [-0.3, -0.25) is 9.59 Å². The Labute approximate surface area is 144 Å². The van der Waals surface area contributed by atoms with E-state index >= 15 is 0 Å². The van der Waals surface area contributed by atoms with E-state index in [1.807, 2.05) is 47.8 Å². The molecule has 0 spiro atoms. The Morgan fingerprint density at radius 3 is 2.58 bits per heavy atom. The lowest BCUT2D eigenvalue weighted by Crippen LogP contribution is -2.33. The second-order valence-electron chi connectivity index (χ2n) is 5.62. The topological polar surface area (TPSA) is 62.0 Å². The van der Waals surface area contributed by atoms with E-state index in [0.29, 0.717) is 6.42 Å². The largest absolute Gasteiger partial charge is 0.344 e. The van der Waals surface area contributed by atoms with Crippen molar-refractivity contribution in [2.45, 2.75) is 19.4 Å². The van der Waals surface area contributed by atoms with E-state index in [1.54, 1.807) is 30.4 Å². The predicted octanol–water partition coefficient (Wildman–Crippen LogP) is 3.46. The summed E-state index contributed by atoms with van der Waals surface area (Å²) in [7, 11) is 0. The Bertz CT molecular complexity index is 870. The first kappa shape index (κ1) is 16.2. The molecule has 0 saturated carbocycles. The summed E-state index contributed by atoms with van der Waals surface area (Å²) in [5.41, 5.74) is 1.64. The number of rotatable bonds is 5. The minimum atomic E-state index is -0.364. The number of carbonyl (C=O) groups is 1. The van der Waals surface area contributed by atoms with Crippen LogP contribution in [0.1, 0.15) is 32.5 Å². The summed E-state index contributed by atoms with van der Waals surface area (Å²) in [6.07, 6.45) is 0.677. The zero-order valence-corrected chi connectivity index (χ0v) is 14.1. The monoisotopic (exact) mass is 338 g/mol. The number of hydrogen-bond acceptors (Lipinski definition) is 3. The van der Waals surface area contributed by atoms with Crippen LogP contribution in [0.5, 0.6) is 0 Å². The molecular formula is C19H18N2O2S. The average Bonchev–Trinajstić information content (AvgIpc) is 3.09. The molecule has 0 aliphatic rings. The molecule has 1 atom stereocenters. The van der Waals surface area contributed by atoms with Gasteiger partial charge in [-0.15, -0.1) is 11.3 Å². The van der Waals surface area contributed by atoms with Crippen molar-refractivity contribution < 1.29 is 4.79 Å². The van der Waals surface area contributed by atoms with E-state index in [1.165, 1.54) is 0 Å². The number of nitrogens with one attached hydrogen (secondary N) is 2. The molecule has 0 bridgehead atoms. The second-order valence-corrected chi connectivity index (χ2v) is 6.59. The number of amides is 1. The van der Waals surface area contributed by atoms with E-state index in [9.17, 15) is 9.59 Å². The lowest BCUT2D eigenvalue weighted by atomic mass is 10.0. The summed E-state index contributed by atoms with van der Waals surface area (Å²) in [4.78, 5) is 28.3. The van der Waals surface area contributed by atoms with Crippen LogP contribution in [0.2, 0.25) is 0 Å². The fourth-order valence-corrected chi connectivity index (χ4v) is 3.33. The van der Waals surface area contributed by atoms with Crippen LogP contribution in [-0.4, -0.2) is 10.9 Å². The van der Waals surface area contributed by atoms with Gasteiger partial charge in [0.2, 0.25) is 0 Å². The molecule has 0 aliphatic heterocycles. The number of aryl methyl sites for hydroxylation is 1. The maximum absolute atomic E-state index is 12.5. The Morgan fingerprint density at radius 1 is 1.12 bits per heavy atom. The van der Waals surface area contributed by atoms with Crippen LogP contribution in [0.3, 0.4) is 0 Å². The first-order chi connectivity index (χ1) is 11.6. The van der Waals surface area contributed by atoms with E-state index < -0.39 is 0 Å². The van der Waals surface area contributed by atoms with Gasteiger partial charge in [0.25, 0.3) is 11.5 Å². The van der Waals surface area contributed by atoms with Gasteiger partial charge in [0.1, 0.15) is 5.56 Å².